The van der Waals surface area contributed by atoms with Crippen LogP contribution in [0.1, 0.15) is 31.2 Å². The molecule has 1 aromatic rings. The van der Waals surface area contributed by atoms with E-state index in [4.69, 9.17) is 0 Å². The molecule has 0 radical (unpaired) electrons. The van der Waals surface area contributed by atoms with Crippen LogP contribution in [0.5, 0.6) is 0 Å². The van der Waals surface area contributed by atoms with E-state index in [2.05, 4.69) is 4.90 Å². The Labute approximate surface area is 106 Å². The van der Waals surface area contributed by atoms with Gasteiger partial charge in [0.25, 0.3) is 0 Å². The smallest absolute Gasteiger partial charge is 0.130 e. The molecule has 0 spiro atoms. The lowest BCUT2D eigenvalue weighted by Crippen LogP contribution is -2.37. The Bertz CT molecular complexity index is 397. The zero-order chi connectivity index (χ0) is 13.0. The summed E-state index contributed by atoms with van der Waals surface area (Å²) in [5.41, 5.74) is 0.497. The van der Waals surface area contributed by atoms with Gasteiger partial charge in [-0.25, -0.2) is 8.78 Å². The van der Waals surface area contributed by atoms with E-state index < -0.39 is 11.6 Å². The lowest BCUT2D eigenvalue weighted by molar-refractivity contribution is 0.117. The standard InChI is InChI=1S/C14H19F2NO/c15-12-6-5-11(14(16)8-12)9-17-7-3-1-2-4-13(17)10-18/h5-6,8,13,18H,1-4,7,9-10H2. The Balaban J connectivity index is 2.10. The molecule has 0 saturated carbocycles. The number of likely N-dealkylation sites (tertiary alicyclic amines) is 1. The van der Waals surface area contributed by atoms with Crippen molar-refractivity contribution in [3.8, 4) is 0 Å². The van der Waals surface area contributed by atoms with E-state index in [9.17, 15) is 13.9 Å². The van der Waals surface area contributed by atoms with Crippen LogP contribution in [0.2, 0.25) is 0 Å². The van der Waals surface area contributed by atoms with E-state index >= 15 is 0 Å². The van der Waals surface area contributed by atoms with Gasteiger partial charge >= 0.3 is 0 Å². The predicted octanol–water partition coefficient (Wildman–Crippen LogP) is 2.70. The summed E-state index contributed by atoms with van der Waals surface area (Å²) in [7, 11) is 0. The first kappa shape index (κ1) is 13.4. The van der Waals surface area contributed by atoms with Gasteiger partial charge in [0, 0.05) is 24.2 Å². The molecule has 4 heteroatoms. The van der Waals surface area contributed by atoms with Crippen molar-refractivity contribution < 1.29 is 13.9 Å². The molecule has 2 nitrogen and oxygen atoms in total. The largest absolute Gasteiger partial charge is 0.395 e. The molecule has 1 aliphatic heterocycles. The highest BCUT2D eigenvalue weighted by Crippen LogP contribution is 2.20. The average molecular weight is 255 g/mol. The van der Waals surface area contributed by atoms with E-state index in [1.807, 2.05) is 0 Å². The first-order chi connectivity index (χ1) is 8.70. The molecule has 1 aromatic carbocycles. The average Bonchev–Trinajstić information content (AvgIpc) is 2.57. The van der Waals surface area contributed by atoms with Crippen LogP contribution in [0.15, 0.2) is 18.2 Å². The maximum absolute atomic E-state index is 13.6. The van der Waals surface area contributed by atoms with E-state index in [-0.39, 0.29) is 12.6 Å². The first-order valence-corrected chi connectivity index (χ1v) is 6.49. The molecule has 1 unspecified atom stereocenters. The van der Waals surface area contributed by atoms with Gasteiger partial charge in [-0.15, -0.1) is 0 Å². The van der Waals surface area contributed by atoms with E-state index in [1.54, 1.807) is 0 Å². The summed E-state index contributed by atoms with van der Waals surface area (Å²) >= 11 is 0. The molecule has 18 heavy (non-hydrogen) atoms. The molecule has 0 aliphatic carbocycles. The molecular weight excluding hydrogens is 236 g/mol. The van der Waals surface area contributed by atoms with E-state index in [0.29, 0.717) is 12.1 Å². The van der Waals surface area contributed by atoms with Crippen LogP contribution in [-0.4, -0.2) is 29.2 Å². The number of hydrogen-bond donors (Lipinski definition) is 1. The van der Waals surface area contributed by atoms with Crippen molar-refractivity contribution in [1.82, 2.24) is 4.90 Å². The van der Waals surface area contributed by atoms with Gasteiger partial charge in [-0.05, 0) is 25.5 Å². The number of aliphatic hydroxyl groups excluding tert-OH is 1. The molecule has 1 saturated heterocycles. The van der Waals surface area contributed by atoms with Gasteiger partial charge in [-0.3, -0.25) is 4.90 Å². The maximum atomic E-state index is 13.6. The molecule has 1 fully saturated rings. The summed E-state index contributed by atoms with van der Waals surface area (Å²) in [5, 5.41) is 9.38. The van der Waals surface area contributed by atoms with Crippen LogP contribution >= 0.6 is 0 Å². The molecule has 1 N–H and O–H groups in total. The Morgan fingerprint density at radius 3 is 2.78 bits per heavy atom. The molecule has 1 aliphatic rings. The van der Waals surface area contributed by atoms with Crippen molar-refractivity contribution >= 4 is 0 Å². The number of benzene rings is 1. The Morgan fingerprint density at radius 2 is 2.06 bits per heavy atom. The summed E-state index contributed by atoms with van der Waals surface area (Å²) in [6, 6.07) is 3.78. The topological polar surface area (TPSA) is 23.5 Å². The molecule has 0 bridgehead atoms. The summed E-state index contributed by atoms with van der Waals surface area (Å²) in [6.45, 7) is 1.40. The van der Waals surface area contributed by atoms with Gasteiger partial charge in [0.2, 0.25) is 0 Å². The second-order valence-electron chi connectivity index (χ2n) is 4.89. The van der Waals surface area contributed by atoms with Crippen molar-refractivity contribution in [1.29, 1.82) is 0 Å². The maximum Gasteiger partial charge on any atom is 0.130 e. The predicted molar refractivity (Wildman–Crippen MR) is 66.1 cm³/mol. The fraction of sp³-hybridized carbons (Fsp3) is 0.571. The minimum atomic E-state index is -0.550. The van der Waals surface area contributed by atoms with Crippen molar-refractivity contribution in [3.05, 3.63) is 35.4 Å². The third kappa shape index (κ3) is 3.27. The van der Waals surface area contributed by atoms with Crippen LogP contribution in [0.3, 0.4) is 0 Å². The highest BCUT2D eigenvalue weighted by Gasteiger charge is 2.21. The monoisotopic (exact) mass is 255 g/mol. The zero-order valence-corrected chi connectivity index (χ0v) is 10.4. The fourth-order valence-electron chi connectivity index (χ4n) is 2.52. The van der Waals surface area contributed by atoms with Crippen molar-refractivity contribution in [2.75, 3.05) is 13.2 Å². The van der Waals surface area contributed by atoms with Gasteiger partial charge in [-0.2, -0.15) is 0 Å². The molecule has 1 atom stereocenters. The molecule has 0 aromatic heterocycles. The highest BCUT2D eigenvalue weighted by molar-refractivity contribution is 5.18. The van der Waals surface area contributed by atoms with E-state index in [0.717, 1.165) is 38.3 Å². The van der Waals surface area contributed by atoms with E-state index in [1.165, 1.54) is 12.1 Å². The first-order valence-electron chi connectivity index (χ1n) is 6.49. The summed E-state index contributed by atoms with van der Waals surface area (Å²) in [5.74, 6) is -1.05. The number of halogens is 2. The fourth-order valence-corrected chi connectivity index (χ4v) is 2.52. The molecule has 100 valence electrons. The van der Waals surface area contributed by atoms with Crippen LogP contribution in [0, 0.1) is 11.6 Å². The van der Waals surface area contributed by atoms with Gasteiger partial charge in [-0.1, -0.05) is 18.9 Å². The highest BCUT2D eigenvalue weighted by atomic mass is 19.1. The van der Waals surface area contributed by atoms with Gasteiger partial charge in [0.05, 0.1) is 6.61 Å². The van der Waals surface area contributed by atoms with Crippen LogP contribution in [-0.2, 0) is 6.54 Å². The van der Waals surface area contributed by atoms with Gasteiger partial charge in [0.1, 0.15) is 11.6 Å². The van der Waals surface area contributed by atoms with Gasteiger partial charge < -0.3 is 5.11 Å². The van der Waals surface area contributed by atoms with Gasteiger partial charge in [0.15, 0.2) is 0 Å². The van der Waals surface area contributed by atoms with Crippen LogP contribution in [0.25, 0.3) is 0 Å². The summed E-state index contributed by atoms with van der Waals surface area (Å²) in [4.78, 5) is 2.10. The lowest BCUT2D eigenvalue weighted by Gasteiger charge is -2.28. The third-order valence-corrected chi connectivity index (χ3v) is 3.60. The minimum Gasteiger partial charge on any atom is -0.395 e. The molecule has 0 amide bonds. The Kier molecular flexibility index (Phi) is 4.66. The normalized spacial score (nSPS) is 21.8. The Morgan fingerprint density at radius 1 is 1.22 bits per heavy atom. The second-order valence-corrected chi connectivity index (χ2v) is 4.89. The minimum absolute atomic E-state index is 0.0944. The van der Waals surface area contributed by atoms with Crippen molar-refractivity contribution in [2.45, 2.75) is 38.3 Å². The zero-order valence-electron chi connectivity index (χ0n) is 10.4. The summed E-state index contributed by atoms with van der Waals surface area (Å²) in [6.07, 6.45) is 4.27. The second kappa shape index (κ2) is 6.25. The van der Waals surface area contributed by atoms with Crippen molar-refractivity contribution in [3.63, 3.8) is 0 Å². The third-order valence-electron chi connectivity index (χ3n) is 3.60. The molecule has 1 heterocycles. The quantitative estimate of drug-likeness (QED) is 0.897. The Hall–Kier alpha value is -1.00. The number of rotatable bonds is 3. The SMILES string of the molecule is OCC1CCCCCN1Cc1ccc(F)cc1F. The lowest BCUT2D eigenvalue weighted by atomic mass is 10.1. The molecule has 2 rings (SSSR count). The molecular formula is C14H19F2NO. The van der Waals surface area contributed by atoms with Crippen LogP contribution < -0.4 is 0 Å². The van der Waals surface area contributed by atoms with Crippen LogP contribution in [0.4, 0.5) is 8.78 Å². The number of aliphatic hydroxyl groups is 1. The number of nitrogens with zero attached hydrogens (tertiary/aromatic N) is 1. The number of hydrogen-bond acceptors (Lipinski definition) is 2. The van der Waals surface area contributed by atoms with Crippen molar-refractivity contribution in [2.24, 2.45) is 0 Å². The summed E-state index contributed by atoms with van der Waals surface area (Å²) < 4.78 is 26.4.